The zero-order valence-electron chi connectivity index (χ0n) is 22.3. The van der Waals surface area contributed by atoms with Crippen LogP contribution in [0.3, 0.4) is 0 Å². The van der Waals surface area contributed by atoms with Crippen molar-refractivity contribution in [3.63, 3.8) is 0 Å². The van der Waals surface area contributed by atoms with Crippen LogP contribution in [0.15, 0.2) is 95.1 Å². The molecule has 6 rings (SSSR count). The lowest BCUT2D eigenvalue weighted by atomic mass is 10.1. The zero-order valence-corrected chi connectivity index (χ0v) is 23.9. The fraction of sp³-hybridized carbons (Fsp3) is 0.200. The first kappa shape index (κ1) is 27.1. The smallest absolute Gasteiger partial charge is 0.243 e. The number of carbonyl (C=O) groups is 2. The van der Waals surface area contributed by atoms with E-state index >= 15 is 0 Å². The second kappa shape index (κ2) is 11.1. The summed E-state index contributed by atoms with van der Waals surface area (Å²) in [6.45, 7) is 1.06. The van der Waals surface area contributed by atoms with Crippen molar-refractivity contribution in [2.75, 3.05) is 31.9 Å². The van der Waals surface area contributed by atoms with E-state index in [1.54, 1.807) is 47.1 Å². The number of pyridine rings is 1. The number of fused-ring (bicyclic) bond motifs is 2. The number of ketones is 1. The molecule has 1 aliphatic heterocycles. The number of piperazine rings is 1. The third kappa shape index (κ3) is 5.35. The molecule has 0 spiro atoms. The number of aromatic nitrogens is 3. The van der Waals surface area contributed by atoms with Gasteiger partial charge in [0.05, 0.1) is 21.2 Å². The van der Waals surface area contributed by atoms with Gasteiger partial charge >= 0.3 is 0 Å². The molecule has 0 saturated carbocycles. The molecule has 0 aliphatic carbocycles. The number of para-hydroxylation sites is 1. The average Bonchev–Trinajstić information content (AvgIpc) is 3.44. The Hall–Kier alpha value is -4.06. The third-order valence-electron chi connectivity index (χ3n) is 7.26. The minimum atomic E-state index is -3.67. The molecule has 3 heterocycles. The van der Waals surface area contributed by atoms with Gasteiger partial charge in [0.2, 0.25) is 21.7 Å². The third-order valence-corrected chi connectivity index (χ3v) is 10.0. The molecule has 208 valence electrons. The van der Waals surface area contributed by atoms with Crippen molar-refractivity contribution in [3.8, 4) is 0 Å². The summed E-state index contributed by atoms with van der Waals surface area (Å²) in [6.07, 6.45) is 3.30. The zero-order chi connectivity index (χ0) is 28.6. The van der Waals surface area contributed by atoms with Crippen LogP contribution in [0.5, 0.6) is 0 Å². The van der Waals surface area contributed by atoms with Crippen molar-refractivity contribution < 1.29 is 18.0 Å². The summed E-state index contributed by atoms with van der Waals surface area (Å²) in [7, 11) is -1.90. The number of benzene rings is 3. The number of nitrogens with zero attached hydrogens (tertiary/aromatic N) is 5. The largest absolute Gasteiger partial charge is 0.339 e. The topological polar surface area (TPSA) is 105 Å². The predicted molar refractivity (Wildman–Crippen MR) is 158 cm³/mol. The summed E-state index contributed by atoms with van der Waals surface area (Å²) in [5, 5.41) is 3.13. The summed E-state index contributed by atoms with van der Waals surface area (Å²) >= 11 is 1.26. The minimum Gasteiger partial charge on any atom is -0.339 e. The van der Waals surface area contributed by atoms with E-state index in [0.717, 1.165) is 16.2 Å². The van der Waals surface area contributed by atoms with Crippen molar-refractivity contribution in [2.45, 2.75) is 9.92 Å². The van der Waals surface area contributed by atoms with E-state index in [2.05, 4.69) is 9.97 Å². The van der Waals surface area contributed by atoms with E-state index in [1.807, 2.05) is 54.6 Å². The van der Waals surface area contributed by atoms with E-state index in [4.69, 9.17) is 0 Å². The fourth-order valence-corrected chi connectivity index (χ4v) is 7.28. The lowest BCUT2D eigenvalue weighted by molar-refractivity contribution is -0.129. The van der Waals surface area contributed by atoms with Crippen molar-refractivity contribution in [2.24, 2.45) is 7.05 Å². The maximum Gasteiger partial charge on any atom is 0.243 e. The van der Waals surface area contributed by atoms with Gasteiger partial charge in [0.15, 0.2) is 5.82 Å². The molecule has 0 atom stereocenters. The highest BCUT2D eigenvalue weighted by molar-refractivity contribution is 7.99. The Labute approximate surface area is 241 Å². The number of aryl methyl sites for hydroxylation is 1. The molecule has 0 unspecified atom stereocenters. The van der Waals surface area contributed by atoms with Crippen LogP contribution in [0.25, 0.3) is 21.7 Å². The summed E-state index contributed by atoms with van der Waals surface area (Å²) in [4.78, 5) is 37.2. The molecule has 0 radical (unpaired) electrons. The Kier molecular flexibility index (Phi) is 7.33. The first-order valence-corrected chi connectivity index (χ1v) is 15.6. The van der Waals surface area contributed by atoms with Crippen molar-refractivity contribution in [1.82, 2.24) is 23.7 Å². The van der Waals surface area contributed by atoms with Gasteiger partial charge in [-0.2, -0.15) is 4.31 Å². The lowest BCUT2D eigenvalue weighted by Crippen LogP contribution is -2.50. The number of hydrogen-bond acceptors (Lipinski definition) is 7. The van der Waals surface area contributed by atoms with Gasteiger partial charge in [-0.25, -0.2) is 18.4 Å². The van der Waals surface area contributed by atoms with Crippen LogP contribution in [0.1, 0.15) is 16.2 Å². The standard InChI is InChI=1S/C30H27N5O4S2/c1-33-13-12-31-30(33)29(37)25-19-27(32-26-9-5-4-8-24(25)26)40-20-28(36)34-14-16-35(17-15-34)41(38,39)23-11-10-21-6-2-3-7-22(21)18-23/h2-13,18-19H,14-17,20H2,1H3. The molecular formula is C30H27N5O4S2. The van der Waals surface area contributed by atoms with Crippen LogP contribution < -0.4 is 0 Å². The van der Waals surface area contributed by atoms with Gasteiger partial charge in [-0.1, -0.05) is 60.3 Å². The van der Waals surface area contributed by atoms with Crippen molar-refractivity contribution in [3.05, 3.63) is 96.6 Å². The number of carbonyl (C=O) groups excluding carboxylic acids is 2. The lowest BCUT2D eigenvalue weighted by Gasteiger charge is -2.34. The number of hydrogen-bond donors (Lipinski definition) is 0. The molecule has 41 heavy (non-hydrogen) atoms. The normalized spacial score (nSPS) is 14.5. The molecule has 1 amide bonds. The van der Waals surface area contributed by atoms with Crippen molar-refractivity contribution in [1.29, 1.82) is 0 Å². The van der Waals surface area contributed by atoms with E-state index < -0.39 is 10.0 Å². The second-order valence-corrected chi connectivity index (χ2v) is 12.7. The van der Waals surface area contributed by atoms with E-state index in [1.165, 1.54) is 16.1 Å². The molecule has 3 aromatic carbocycles. The second-order valence-electron chi connectivity index (χ2n) is 9.80. The number of rotatable bonds is 7. The molecule has 1 saturated heterocycles. The van der Waals surface area contributed by atoms with E-state index in [9.17, 15) is 18.0 Å². The fourth-order valence-electron chi connectivity index (χ4n) is 5.00. The minimum absolute atomic E-state index is 0.107. The Morgan fingerprint density at radius 3 is 2.39 bits per heavy atom. The Bertz CT molecular complexity index is 1900. The van der Waals surface area contributed by atoms with Gasteiger partial charge in [0.1, 0.15) is 0 Å². The van der Waals surface area contributed by atoms with Gasteiger partial charge in [-0.05, 0) is 35.0 Å². The van der Waals surface area contributed by atoms with Crippen LogP contribution in [0, 0.1) is 0 Å². The molecular weight excluding hydrogens is 558 g/mol. The Morgan fingerprint density at radius 1 is 0.902 bits per heavy atom. The van der Waals surface area contributed by atoms with Crippen molar-refractivity contribution >= 4 is 55.2 Å². The molecule has 1 aliphatic rings. The molecule has 2 aromatic heterocycles. The average molecular weight is 586 g/mol. The van der Waals surface area contributed by atoms with Gasteiger partial charge in [-0.15, -0.1) is 0 Å². The molecule has 0 N–H and O–H groups in total. The van der Waals surface area contributed by atoms with Crippen LogP contribution >= 0.6 is 11.8 Å². The van der Waals surface area contributed by atoms with Crippen LogP contribution in [-0.4, -0.2) is 75.8 Å². The maximum absolute atomic E-state index is 13.3. The maximum atomic E-state index is 13.3. The van der Waals surface area contributed by atoms with Crippen LogP contribution in [0.4, 0.5) is 0 Å². The molecule has 11 heteroatoms. The molecule has 1 fully saturated rings. The summed E-state index contributed by atoms with van der Waals surface area (Å²) in [5.41, 5.74) is 1.14. The summed E-state index contributed by atoms with van der Waals surface area (Å²) in [6, 6.07) is 21.9. The van der Waals surface area contributed by atoms with Gasteiger partial charge in [0, 0.05) is 56.6 Å². The number of sulfonamides is 1. The molecule has 9 nitrogen and oxygen atoms in total. The highest BCUT2D eigenvalue weighted by Crippen LogP contribution is 2.27. The van der Waals surface area contributed by atoms with Crippen LogP contribution in [0.2, 0.25) is 0 Å². The number of thioether (sulfide) groups is 1. The van der Waals surface area contributed by atoms with Gasteiger partial charge in [0.25, 0.3) is 0 Å². The quantitative estimate of drug-likeness (QED) is 0.210. The number of amides is 1. The number of imidazole rings is 1. The Balaban J connectivity index is 1.12. The highest BCUT2D eigenvalue weighted by Gasteiger charge is 2.30. The predicted octanol–water partition coefficient (Wildman–Crippen LogP) is 3.98. The van der Waals surface area contributed by atoms with Gasteiger partial charge in [-0.3, -0.25) is 9.59 Å². The molecule has 5 aromatic rings. The summed E-state index contributed by atoms with van der Waals surface area (Å²) in [5.74, 6) is 0.126. The first-order valence-electron chi connectivity index (χ1n) is 13.1. The summed E-state index contributed by atoms with van der Waals surface area (Å²) < 4.78 is 29.7. The Morgan fingerprint density at radius 2 is 1.63 bits per heavy atom. The monoisotopic (exact) mass is 585 g/mol. The van der Waals surface area contributed by atoms with Gasteiger partial charge < -0.3 is 9.47 Å². The highest BCUT2D eigenvalue weighted by atomic mass is 32.2. The first-order chi connectivity index (χ1) is 19.8. The van der Waals surface area contributed by atoms with E-state index in [-0.39, 0.29) is 35.4 Å². The SMILES string of the molecule is Cn1ccnc1C(=O)c1cc(SCC(=O)N2CCN(S(=O)(=O)c3ccc4ccccc4c3)CC2)nc2ccccc12. The molecule has 0 bridgehead atoms. The van der Waals surface area contributed by atoms with E-state index in [0.29, 0.717) is 35.0 Å². The van der Waals surface area contributed by atoms with Crippen LogP contribution in [-0.2, 0) is 21.9 Å².